The summed E-state index contributed by atoms with van der Waals surface area (Å²) in [6.07, 6.45) is -0.342. The number of nitrogens with one attached hydrogen (secondary N) is 2. The van der Waals surface area contributed by atoms with Gasteiger partial charge in [-0.05, 0) is 37.6 Å². The normalized spacial score (nSPS) is 18.2. The molecular formula is C16H23N3O6S. The number of amides is 2. The Morgan fingerprint density at radius 1 is 1.23 bits per heavy atom. The molecule has 0 radical (unpaired) electrons. The van der Waals surface area contributed by atoms with Gasteiger partial charge in [-0.2, -0.15) is 4.31 Å². The van der Waals surface area contributed by atoms with E-state index in [-0.39, 0.29) is 18.0 Å². The summed E-state index contributed by atoms with van der Waals surface area (Å²) < 4.78 is 37.5. The maximum absolute atomic E-state index is 12.9. The van der Waals surface area contributed by atoms with E-state index in [2.05, 4.69) is 10.6 Å². The molecule has 26 heavy (non-hydrogen) atoms. The molecule has 0 spiro atoms. The van der Waals surface area contributed by atoms with Crippen molar-refractivity contribution in [2.75, 3.05) is 33.4 Å². The highest BCUT2D eigenvalue weighted by atomic mass is 32.2. The second kappa shape index (κ2) is 8.97. The Hall–Kier alpha value is -2.17. The number of ether oxygens (including phenoxy) is 2. The van der Waals surface area contributed by atoms with Crippen LogP contribution in [0.5, 0.6) is 5.75 Å². The zero-order valence-corrected chi connectivity index (χ0v) is 15.5. The average molecular weight is 385 g/mol. The SMILES string of the molecule is CCNC(=O)C(=O)NCC1OCCCN1S(=O)(=O)c1ccc(OC)cc1. The summed E-state index contributed by atoms with van der Waals surface area (Å²) in [5.74, 6) is -1.06. The summed E-state index contributed by atoms with van der Waals surface area (Å²) in [6, 6.07) is 6.02. The fourth-order valence-electron chi connectivity index (χ4n) is 2.49. The van der Waals surface area contributed by atoms with Crippen molar-refractivity contribution in [3.8, 4) is 5.75 Å². The lowest BCUT2D eigenvalue weighted by molar-refractivity contribution is -0.140. The largest absolute Gasteiger partial charge is 0.497 e. The van der Waals surface area contributed by atoms with E-state index in [0.29, 0.717) is 25.3 Å². The third-order valence-corrected chi connectivity index (χ3v) is 5.70. The van der Waals surface area contributed by atoms with Crippen molar-refractivity contribution in [2.24, 2.45) is 0 Å². The van der Waals surface area contributed by atoms with Crippen molar-refractivity contribution in [1.82, 2.24) is 14.9 Å². The van der Waals surface area contributed by atoms with Gasteiger partial charge in [0.05, 0.1) is 25.2 Å². The lowest BCUT2D eigenvalue weighted by atomic mass is 10.3. The number of hydrogen-bond acceptors (Lipinski definition) is 6. The summed E-state index contributed by atoms with van der Waals surface area (Å²) in [6.45, 7) is 2.53. The summed E-state index contributed by atoms with van der Waals surface area (Å²) in [7, 11) is -2.32. The first-order valence-corrected chi connectivity index (χ1v) is 9.67. The molecule has 1 aliphatic heterocycles. The third-order valence-electron chi connectivity index (χ3n) is 3.80. The molecule has 1 aromatic rings. The standard InChI is InChI=1S/C16H23N3O6S/c1-3-17-15(20)16(21)18-11-14-19(9-4-10-25-14)26(22,23)13-7-5-12(24-2)6-8-13/h5-8,14H,3-4,9-11H2,1-2H3,(H,17,20)(H,18,21). The van der Waals surface area contributed by atoms with E-state index in [9.17, 15) is 18.0 Å². The molecule has 0 aromatic heterocycles. The summed E-state index contributed by atoms with van der Waals surface area (Å²) in [5.41, 5.74) is 0. The van der Waals surface area contributed by atoms with Gasteiger partial charge in [0.1, 0.15) is 12.0 Å². The van der Waals surface area contributed by atoms with Crippen LogP contribution in [0.2, 0.25) is 0 Å². The molecule has 10 heteroatoms. The number of benzene rings is 1. The molecule has 2 N–H and O–H groups in total. The van der Waals surface area contributed by atoms with Gasteiger partial charge in [-0.1, -0.05) is 0 Å². The average Bonchev–Trinajstić information content (AvgIpc) is 2.66. The highest BCUT2D eigenvalue weighted by Gasteiger charge is 2.34. The van der Waals surface area contributed by atoms with Crippen LogP contribution in [0.25, 0.3) is 0 Å². The van der Waals surface area contributed by atoms with Gasteiger partial charge in [-0.3, -0.25) is 9.59 Å². The van der Waals surface area contributed by atoms with Gasteiger partial charge < -0.3 is 20.1 Å². The van der Waals surface area contributed by atoms with Crippen LogP contribution in [-0.4, -0.2) is 64.1 Å². The van der Waals surface area contributed by atoms with Crippen molar-refractivity contribution < 1.29 is 27.5 Å². The minimum Gasteiger partial charge on any atom is -0.497 e. The molecule has 1 unspecified atom stereocenters. The van der Waals surface area contributed by atoms with Crippen LogP contribution >= 0.6 is 0 Å². The number of carbonyl (C=O) groups is 2. The van der Waals surface area contributed by atoms with Crippen molar-refractivity contribution in [3.63, 3.8) is 0 Å². The van der Waals surface area contributed by atoms with Gasteiger partial charge in [0.15, 0.2) is 0 Å². The van der Waals surface area contributed by atoms with E-state index < -0.39 is 28.1 Å². The molecule has 9 nitrogen and oxygen atoms in total. The zero-order valence-electron chi connectivity index (χ0n) is 14.7. The zero-order chi connectivity index (χ0) is 19.2. The van der Waals surface area contributed by atoms with Gasteiger partial charge in [0.25, 0.3) is 0 Å². The minimum atomic E-state index is -3.81. The quantitative estimate of drug-likeness (QED) is 0.649. The van der Waals surface area contributed by atoms with Crippen LogP contribution < -0.4 is 15.4 Å². The van der Waals surface area contributed by atoms with Crippen LogP contribution in [-0.2, 0) is 24.3 Å². The summed E-state index contributed by atoms with van der Waals surface area (Å²) in [4.78, 5) is 23.3. The van der Waals surface area contributed by atoms with Crippen molar-refractivity contribution in [2.45, 2.75) is 24.5 Å². The lowest BCUT2D eigenvalue weighted by Crippen LogP contribution is -2.53. The first kappa shape index (κ1) is 20.1. The fraction of sp³-hybridized carbons (Fsp3) is 0.500. The Labute approximate surface area is 152 Å². The molecule has 1 atom stereocenters. The van der Waals surface area contributed by atoms with Crippen molar-refractivity contribution in [3.05, 3.63) is 24.3 Å². The van der Waals surface area contributed by atoms with Crippen molar-refractivity contribution >= 4 is 21.8 Å². The molecule has 1 aromatic carbocycles. The molecule has 1 saturated heterocycles. The van der Waals surface area contributed by atoms with E-state index in [1.165, 1.54) is 23.5 Å². The van der Waals surface area contributed by atoms with Crippen LogP contribution in [0.3, 0.4) is 0 Å². The Kier molecular flexibility index (Phi) is 6.95. The smallest absolute Gasteiger partial charge is 0.309 e. The predicted octanol–water partition coefficient (Wildman–Crippen LogP) is -0.315. The van der Waals surface area contributed by atoms with Gasteiger partial charge in [-0.15, -0.1) is 0 Å². The molecule has 1 aliphatic rings. The second-order valence-electron chi connectivity index (χ2n) is 5.54. The molecule has 0 saturated carbocycles. The Balaban J connectivity index is 2.11. The molecule has 144 valence electrons. The maximum atomic E-state index is 12.9. The Bertz CT molecular complexity index is 735. The minimum absolute atomic E-state index is 0.101. The van der Waals surface area contributed by atoms with E-state index in [0.717, 1.165) is 0 Å². The number of rotatable bonds is 6. The first-order chi connectivity index (χ1) is 12.4. The van der Waals surface area contributed by atoms with Crippen LogP contribution in [0.4, 0.5) is 0 Å². The van der Waals surface area contributed by atoms with E-state index in [1.54, 1.807) is 19.1 Å². The van der Waals surface area contributed by atoms with Crippen LogP contribution in [0.15, 0.2) is 29.2 Å². The number of carbonyl (C=O) groups excluding carboxylic acids is 2. The summed E-state index contributed by atoms with van der Waals surface area (Å²) in [5, 5.41) is 4.78. The molecule has 2 amide bonds. The number of methoxy groups -OCH3 is 1. The number of sulfonamides is 1. The van der Waals surface area contributed by atoms with Crippen LogP contribution in [0, 0.1) is 0 Å². The maximum Gasteiger partial charge on any atom is 0.309 e. The number of hydrogen-bond donors (Lipinski definition) is 2. The van der Waals surface area contributed by atoms with Gasteiger partial charge in [0.2, 0.25) is 10.0 Å². The first-order valence-electron chi connectivity index (χ1n) is 8.23. The molecule has 1 fully saturated rings. The highest BCUT2D eigenvalue weighted by Crippen LogP contribution is 2.23. The summed E-state index contributed by atoms with van der Waals surface area (Å²) >= 11 is 0. The van der Waals surface area contributed by atoms with E-state index in [4.69, 9.17) is 9.47 Å². The topological polar surface area (TPSA) is 114 Å². The number of nitrogens with zero attached hydrogens (tertiary/aromatic N) is 1. The van der Waals surface area contributed by atoms with Gasteiger partial charge >= 0.3 is 11.8 Å². The molecule has 0 bridgehead atoms. The lowest BCUT2D eigenvalue weighted by Gasteiger charge is -2.34. The monoisotopic (exact) mass is 385 g/mol. The molecule has 1 heterocycles. The number of likely N-dealkylation sites (N-methyl/N-ethyl adjacent to an activating group) is 1. The van der Waals surface area contributed by atoms with E-state index in [1.807, 2.05) is 0 Å². The Morgan fingerprint density at radius 3 is 2.50 bits per heavy atom. The van der Waals surface area contributed by atoms with Gasteiger partial charge in [0, 0.05) is 13.1 Å². The second-order valence-corrected chi connectivity index (χ2v) is 7.43. The van der Waals surface area contributed by atoms with E-state index >= 15 is 0 Å². The third kappa shape index (κ3) is 4.71. The van der Waals surface area contributed by atoms with Crippen molar-refractivity contribution in [1.29, 1.82) is 0 Å². The van der Waals surface area contributed by atoms with Crippen LogP contribution in [0.1, 0.15) is 13.3 Å². The molecular weight excluding hydrogens is 362 g/mol. The highest BCUT2D eigenvalue weighted by molar-refractivity contribution is 7.89. The van der Waals surface area contributed by atoms with Gasteiger partial charge in [-0.25, -0.2) is 8.42 Å². The molecule has 2 rings (SSSR count). The predicted molar refractivity (Wildman–Crippen MR) is 92.9 cm³/mol. The molecule has 0 aliphatic carbocycles. The Morgan fingerprint density at radius 2 is 1.88 bits per heavy atom. The fourth-order valence-corrected chi connectivity index (χ4v) is 4.05.